The highest BCUT2D eigenvalue weighted by Gasteiger charge is 2.21. The number of nitrogens with two attached hydrogens (primary N) is 1. The number of carbonyl (C=O) groups is 1. The van der Waals surface area contributed by atoms with Crippen LogP contribution in [0, 0.1) is 0 Å². The standard InChI is InChI=1S/C21H24N4O/c1-14(20-17-7-3-2-6-15(17)9-10-23-20)24-13-16-12-18(21(22)26)19-8-4-5-11-25(16)19/h2-3,6-7,9-10,12,14,24H,4-5,8,11,13H2,1H3,(H2,22,26). The van der Waals surface area contributed by atoms with E-state index in [2.05, 4.69) is 33.9 Å². The minimum atomic E-state index is -0.328. The summed E-state index contributed by atoms with van der Waals surface area (Å²) in [6, 6.07) is 12.4. The Morgan fingerprint density at radius 3 is 3.00 bits per heavy atom. The molecule has 0 bridgehead atoms. The Hall–Kier alpha value is -2.66. The summed E-state index contributed by atoms with van der Waals surface area (Å²) >= 11 is 0. The Kier molecular flexibility index (Phi) is 4.47. The summed E-state index contributed by atoms with van der Waals surface area (Å²) < 4.78 is 2.26. The van der Waals surface area contributed by atoms with Crippen LogP contribution in [-0.2, 0) is 19.5 Å². The van der Waals surface area contributed by atoms with Gasteiger partial charge in [0.05, 0.1) is 11.3 Å². The van der Waals surface area contributed by atoms with E-state index >= 15 is 0 Å². The molecule has 26 heavy (non-hydrogen) atoms. The smallest absolute Gasteiger partial charge is 0.250 e. The van der Waals surface area contributed by atoms with Gasteiger partial charge in [-0.15, -0.1) is 0 Å². The van der Waals surface area contributed by atoms with E-state index in [0.717, 1.165) is 42.9 Å². The lowest BCUT2D eigenvalue weighted by atomic mass is 10.1. The summed E-state index contributed by atoms with van der Waals surface area (Å²) in [6.45, 7) is 3.77. The SMILES string of the molecule is CC(NCc1cc(C(N)=O)c2n1CCCC2)c1nccc2ccccc12. The van der Waals surface area contributed by atoms with Crippen LogP contribution in [0.3, 0.4) is 0 Å². The van der Waals surface area contributed by atoms with E-state index in [1.807, 2.05) is 30.5 Å². The zero-order valence-electron chi connectivity index (χ0n) is 15.0. The molecule has 0 fully saturated rings. The van der Waals surface area contributed by atoms with E-state index in [0.29, 0.717) is 12.1 Å². The first-order valence-corrected chi connectivity index (χ1v) is 9.23. The van der Waals surface area contributed by atoms with Gasteiger partial charge in [-0.2, -0.15) is 0 Å². The normalized spacial score (nSPS) is 15.0. The van der Waals surface area contributed by atoms with Gasteiger partial charge in [0.2, 0.25) is 0 Å². The molecule has 5 heteroatoms. The number of rotatable bonds is 5. The molecular formula is C21H24N4O. The van der Waals surface area contributed by atoms with E-state index in [1.165, 1.54) is 10.8 Å². The van der Waals surface area contributed by atoms with Crippen molar-refractivity contribution >= 4 is 16.7 Å². The number of nitrogens with one attached hydrogen (secondary N) is 1. The highest BCUT2D eigenvalue weighted by atomic mass is 16.1. The van der Waals surface area contributed by atoms with E-state index in [9.17, 15) is 4.79 Å². The Morgan fingerprint density at radius 1 is 1.31 bits per heavy atom. The van der Waals surface area contributed by atoms with Crippen LogP contribution in [0.4, 0.5) is 0 Å². The third kappa shape index (κ3) is 2.99. The van der Waals surface area contributed by atoms with E-state index in [1.54, 1.807) is 0 Å². The van der Waals surface area contributed by atoms with Crippen molar-refractivity contribution in [2.45, 2.75) is 45.3 Å². The van der Waals surface area contributed by atoms with Crippen LogP contribution in [0.1, 0.15) is 53.2 Å². The fourth-order valence-electron chi connectivity index (χ4n) is 3.96. The number of aromatic nitrogens is 2. The Bertz CT molecular complexity index is 955. The molecule has 1 amide bonds. The van der Waals surface area contributed by atoms with Crippen LogP contribution in [0.5, 0.6) is 0 Å². The molecule has 3 aromatic rings. The highest BCUT2D eigenvalue weighted by Crippen LogP contribution is 2.25. The maximum Gasteiger partial charge on any atom is 0.250 e. The third-order valence-corrected chi connectivity index (χ3v) is 5.31. The third-order valence-electron chi connectivity index (χ3n) is 5.31. The van der Waals surface area contributed by atoms with Crippen molar-refractivity contribution in [1.82, 2.24) is 14.9 Å². The second kappa shape index (κ2) is 6.92. The molecule has 1 atom stereocenters. The molecule has 0 saturated carbocycles. The van der Waals surface area contributed by atoms with Gasteiger partial charge in [-0.3, -0.25) is 9.78 Å². The van der Waals surface area contributed by atoms with Crippen LogP contribution < -0.4 is 11.1 Å². The van der Waals surface area contributed by atoms with Crippen molar-refractivity contribution in [3.8, 4) is 0 Å². The van der Waals surface area contributed by atoms with Crippen molar-refractivity contribution in [3.05, 3.63) is 65.2 Å². The number of carbonyl (C=O) groups excluding carboxylic acids is 1. The molecule has 1 aliphatic rings. The molecule has 0 radical (unpaired) electrons. The molecule has 3 heterocycles. The van der Waals surface area contributed by atoms with Gasteiger partial charge < -0.3 is 15.6 Å². The Balaban J connectivity index is 1.58. The minimum Gasteiger partial charge on any atom is -0.366 e. The van der Waals surface area contributed by atoms with Gasteiger partial charge in [-0.25, -0.2) is 0 Å². The number of benzene rings is 1. The lowest BCUT2D eigenvalue weighted by molar-refractivity contribution is 0.0999. The molecule has 0 saturated heterocycles. The lowest BCUT2D eigenvalue weighted by Gasteiger charge is -2.20. The monoisotopic (exact) mass is 348 g/mol. The number of fused-ring (bicyclic) bond motifs is 2. The van der Waals surface area contributed by atoms with Crippen LogP contribution in [0.2, 0.25) is 0 Å². The quantitative estimate of drug-likeness (QED) is 0.743. The summed E-state index contributed by atoms with van der Waals surface area (Å²) in [7, 11) is 0. The van der Waals surface area contributed by atoms with Gasteiger partial charge in [-0.05, 0) is 43.7 Å². The second-order valence-electron chi connectivity index (χ2n) is 6.99. The maximum atomic E-state index is 11.8. The van der Waals surface area contributed by atoms with Gasteiger partial charge in [0, 0.05) is 42.1 Å². The van der Waals surface area contributed by atoms with Crippen molar-refractivity contribution in [2.75, 3.05) is 0 Å². The predicted molar refractivity (Wildman–Crippen MR) is 103 cm³/mol. The summed E-state index contributed by atoms with van der Waals surface area (Å²) in [6.07, 6.45) is 5.06. The van der Waals surface area contributed by atoms with Gasteiger partial charge in [0.15, 0.2) is 0 Å². The molecule has 1 aromatic carbocycles. The Morgan fingerprint density at radius 2 is 2.15 bits per heavy atom. The van der Waals surface area contributed by atoms with Crippen LogP contribution >= 0.6 is 0 Å². The van der Waals surface area contributed by atoms with Gasteiger partial charge in [0.25, 0.3) is 5.91 Å². The van der Waals surface area contributed by atoms with E-state index < -0.39 is 0 Å². The average molecular weight is 348 g/mol. The van der Waals surface area contributed by atoms with Gasteiger partial charge in [0.1, 0.15) is 0 Å². The van der Waals surface area contributed by atoms with Crippen LogP contribution in [0.15, 0.2) is 42.6 Å². The molecular weight excluding hydrogens is 324 g/mol. The first-order chi connectivity index (χ1) is 12.6. The van der Waals surface area contributed by atoms with Gasteiger partial charge >= 0.3 is 0 Å². The zero-order valence-corrected chi connectivity index (χ0v) is 15.0. The summed E-state index contributed by atoms with van der Waals surface area (Å²) in [5.74, 6) is -0.328. The van der Waals surface area contributed by atoms with Crippen molar-refractivity contribution in [2.24, 2.45) is 5.73 Å². The highest BCUT2D eigenvalue weighted by molar-refractivity contribution is 5.94. The number of hydrogen-bond donors (Lipinski definition) is 2. The molecule has 0 aliphatic carbocycles. The number of hydrogen-bond acceptors (Lipinski definition) is 3. The predicted octanol–water partition coefficient (Wildman–Crippen LogP) is 3.32. The summed E-state index contributed by atoms with van der Waals surface area (Å²) in [5, 5.41) is 5.94. The number of amides is 1. The van der Waals surface area contributed by atoms with Gasteiger partial charge in [-0.1, -0.05) is 24.3 Å². The molecule has 3 N–H and O–H groups in total. The Labute approximate surface area is 153 Å². The molecule has 2 aromatic heterocycles. The zero-order chi connectivity index (χ0) is 18.1. The number of primary amides is 1. The fraction of sp³-hybridized carbons (Fsp3) is 0.333. The van der Waals surface area contributed by atoms with Crippen LogP contribution in [-0.4, -0.2) is 15.5 Å². The van der Waals surface area contributed by atoms with Crippen LogP contribution in [0.25, 0.3) is 10.8 Å². The topological polar surface area (TPSA) is 72.9 Å². The largest absolute Gasteiger partial charge is 0.366 e. The molecule has 4 rings (SSSR count). The minimum absolute atomic E-state index is 0.105. The molecule has 134 valence electrons. The first-order valence-electron chi connectivity index (χ1n) is 9.23. The second-order valence-corrected chi connectivity index (χ2v) is 6.99. The van der Waals surface area contributed by atoms with E-state index in [4.69, 9.17) is 5.73 Å². The van der Waals surface area contributed by atoms with Crippen molar-refractivity contribution < 1.29 is 4.79 Å². The summed E-state index contributed by atoms with van der Waals surface area (Å²) in [4.78, 5) is 16.4. The molecule has 0 spiro atoms. The van der Waals surface area contributed by atoms with Crippen molar-refractivity contribution in [3.63, 3.8) is 0 Å². The first kappa shape index (κ1) is 16.8. The molecule has 1 aliphatic heterocycles. The lowest BCUT2D eigenvalue weighted by Crippen LogP contribution is -2.22. The maximum absolute atomic E-state index is 11.8. The fourth-order valence-corrected chi connectivity index (χ4v) is 3.96. The molecule has 1 unspecified atom stereocenters. The number of pyridine rings is 1. The average Bonchev–Trinajstić information content (AvgIpc) is 3.05. The summed E-state index contributed by atoms with van der Waals surface area (Å²) in [5.41, 5.74) is 9.52. The van der Waals surface area contributed by atoms with Crippen molar-refractivity contribution in [1.29, 1.82) is 0 Å². The molecule has 5 nitrogen and oxygen atoms in total. The number of nitrogens with zero attached hydrogens (tertiary/aromatic N) is 2. The van der Waals surface area contributed by atoms with E-state index in [-0.39, 0.29) is 11.9 Å².